The molecule has 0 spiro atoms. The van der Waals surface area contributed by atoms with Gasteiger partial charge in [-0.05, 0) is 12.1 Å². The summed E-state index contributed by atoms with van der Waals surface area (Å²) in [5, 5.41) is 0. The molecule has 88 valence electrons. The molecule has 2 rings (SSSR count). The molecule has 2 aromatic rings. The third-order valence-electron chi connectivity index (χ3n) is 2.19. The summed E-state index contributed by atoms with van der Waals surface area (Å²) in [7, 11) is 1.30. The highest BCUT2D eigenvalue weighted by Gasteiger charge is 2.11. The smallest absolute Gasteiger partial charge is 0.325 e. The van der Waals surface area contributed by atoms with E-state index >= 15 is 0 Å². The van der Waals surface area contributed by atoms with Crippen molar-refractivity contribution < 1.29 is 13.9 Å². The second kappa shape index (κ2) is 4.73. The maximum atomic E-state index is 13.0. The van der Waals surface area contributed by atoms with Crippen LogP contribution in [0, 0.1) is 5.95 Å². The monoisotopic (exact) mass is 235 g/mol. The van der Waals surface area contributed by atoms with Gasteiger partial charge in [0.2, 0.25) is 5.95 Å². The highest BCUT2D eigenvalue weighted by atomic mass is 19.1. The number of hydrogen-bond acceptors (Lipinski definition) is 4. The van der Waals surface area contributed by atoms with Crippen molar-refractivity contribution in [3.05, 3.63) is 36.5 Å². The minimum absolute atomic E-state index is 0.0179. The van der Waals surface area contributed by atoms with Gasteiger partial charge in [0.05, 0.1) is 7.11 Å². The van der Waals surface area contributed by atoms with Crippen LogP contribution in [-0.4, -0.2) is 27.6 Å². The Bertz CT molecular complexity index is 539. The van der Waals surface area contributed by atoms with Gasteiger partial charge in [-0.1, -0.05) is 6.07 Å². The predicted octanol–water partition coefficient (Wildman–Crippen LogP) is 1.26. The normalized spacial score (nSPS) is 10.2. The van der Waals surface area contributed by atoms with Gasteiger partial charge < -0.3 is 9.30 Å². The van der Waals surface area contributed by atoms with Crippen molar-refractivity contribution in [1.29, 1.82) is 0 Å². The summed E-state index contributed by atoms with van der Waals surface area (Å²) >= 11 is 0. The predicted molar refractivity (Wildman–Crippen MR) is 57.4 cm³/mol. The fraction of sp³-hybridized carbons (Fsp3) is 0.182. The van der Waals surface area contributed by atoms with E-state index in [9.17, 15) is 9.18 Å². The summed E-state index contributed by atoms with van der Waals surface area (Å²) in [6.07, 6.45) is 3.13. The molecule has 0 saturated carbocycles. The maximum absolute atomic E-state index is 13.0. The van der Waals surface area contributed by atoms with Crippen LogP contribution in [0.3, 0.4) is 0 Å². The Morgan fingerprint density at radius 1 is 1.53 bits per heavy atom. The molecule has 0 N–H and O–H groups in total. The summed E-state index contributed by atoms with van der Waals surface area (Å²) in [4.78, 5) is 18.9. The molecule has 17 heavy (non-hydrogen) atoms. The molecule has 0 amide bonds. The topological polar surface area (TPSA) is 57.0 Å². The van der Waals surface area contributed by atoms with E-state index in [4.69, 9.17) is 0 Å². The van der Waals surface area contributed by atoms with Gasteiger partial charge in [0.1, 0.15) is 12.2 Å². The Kier molecular flexibility index (Phi) is 3.13. The Balaban J connectivity index is 2.33. The number of aromatic nitrogens is 3. The summed E-state index contributed by atoms with van der Waals surface area (Å²) in [6.45, 7) is 0.0179. The third kappa shape index (κ3) is 2.47. The fourth-order valence-electron chi connectivity index (χ4n) is 1.41. The van der Waals surface area contributed by atoms with Gasteiger partial charge in [0.25, 0.3) is 0 Å². The van der Waals surface area contributed by atoms with E-state index in [0.29, 0.717) is 11.5 Å². The lowest BCUT2D eigenvalue weighted by molar-refractivity contribution is -0.141. The van der Waals surface area contributed by atoms with Crippen molar-refractivity contribution >= 4 is 5.97 Å². The summed E-state index contributed by atoms with van der Waals surface area (Å²) in [5.41, 5.74) is 0.374. The van der Waals surface area contributed by atoms with Crippen molar-refractivity contribution in [2.45, 2.75) is 6.54 Å². The van der Waals surface area contributed by atoms with E-state index in [2.05, 4.69) is 14.7 Å². The van der Waals surface area contributed by atoms with Crippen LogP contribution in [0.4, 0.5) is 4.39 Å². The van der Waals surface area contributed by atoms with Gasteiger partial charge in [-0.3, -0.25) is 4.79 Å². The number of methoxy groups -OCH3 is 1. The first-order valence-corrected chi connectivity index (χ1v) is 4.91. The second-order valence-electron chi connectivity index (χ2n) is 3.30. The van der Waals surface area contributed by atoms with Crippen LogP contribution in [0.25, 0.3) is 11.5 Å². The van der Waals surface area contributed by atoms with Crippen LogP contribution in [0.1, 0.15) is 0 Å². The van der Waals surface area contributed by atoms with Gasteiger partial charge in [-0.15, -0.1) is 0 Å². The molecule has 0 saturated heterocycles. The maximum Gasteiger partial charge on any atom is 0.325 e. The SMILES string of the molecule is COC(=O)Cn1ccnc1-c1cccc(F)n1. The van der Waals surface area contributed by atoms with E-state index in [1.54, 1.807) is 16.8 Å². The Labute approximate surface area is 96.9 Å². The average molecular weight is 235 g/mol. The molecule has 5 nitrogen and oxygen atoms in total. The molecule has 0 bridgehead atoms. The van der Waals surface area contributed by atoms with Crippen molar-refractivity contribution in [3.63, 3.8) is 0 Å². The largest absolute Gasteiger partial charge is 0.468 e. The lowest BCUT2D eigenvalue weighted by Crippen LogP contribution is -2.12. The van der Waals surface area contributed by atoms with Gasteiger partial charge in [-0.2, -0.15) is 4.39 Å². The second-order valence-corrected chi connectivity index (χ2v) is 3.30. The number of imidazole rings is 1. The molecule has 6 heteroatoms. The molecule has 0 aromatic carbocycles. The first kappa shape index (κ1) is 11.3. The molecule has 0 radical (unpaired) electrons. The van der Waals surface area contributed by atoms with Crippen LogP contribution in [-0.2, 0) is 16.1 Å². The van der Waals surface area contributed by atoms with E-state index < -0.39 is 11.9 Å². The Morgan fingerprint density at radius 3 is 3.06 bits per heavy atom. The first-order valence-electron chi connectivity index (χ1n) is 4.91. The van der Waals surface area contributed by atoms with Crippen molar-refractivity contribution in [3.8, 4) is 11.5 Å². The minimum atomic E-state index is -0.588. The van der Waals surface area contributed by atoms with Crippen LogP contribution in [0.2, 0.25) is 0 Å². The molecular weight excluding hydrogens is 225 g/mol. The number of esters is 1. The molecular formula is C11H10FN3O2. The standard InChI is InChI=1S/C11H10FN3O2/c1-17-10(16)7-15-6-5-13-11(15)8-3-2-4-9(12)14-8/h2-6H,7H2,1H3. The van der Waals surface area contributed by atoms with Crippen LogP contribution < -0.4 is 0 Å². The van der Waals surface area contributed by atoms with Gasteiger partial charge >= 0.3 is 5.97 Å². The molecule has 0 atom stereocenters. The quantitative estimate of drug-likeness (QED) is 0.593. The highest BCUT2D eigenvalue weighted by Crippen LogP contribution is 2.14. The van der Waals surface area contributed by atoms with Crippen LogP contribution in [0.5, 0.6) is 0 Å². The Hall–Kier alpha value is -2.24. The third-order valence-corrected chi connectivity index (χ3v) is 2.19. The summed E-state index contributed by atoms with van der Waals surface area (Å²) in [6, 6.07) is 4.41. The molecule has 2 heterocycles. The van der Waals surface area contributed by atoms with E-state index in [1.807, 2.05) is 0 Å². The van der Waals surface area contributed by atoms with E-state index in [-0.39, 0.29) is 6.54 Å². The van der Waals surface area contributed by atoms with Crippen LogP contribution in [0.15, 0.2) is 30.6 Å². The number of halogens is 1. The number of carbonyl (C=O) groups is 1. The van der Waals surface area contributed by atoms with Gasteiger partial charge in [0, 0.05) is 12.4 Å². The molecule has 0 aliphatic heterocycles. The molecule has 2 aromatic heterocycles. The summed E-state index contributed by atoms with van der Waals surface area (Å²) in [5.74, 6) is -0.564. The highest BCUT2D eigenvalue weighted by molar-refractivity contribution is 5.70. The lowest BCUT2D eigenvalue weighted by atomic mass is 10.3. The van der Waals surface area contributed by atoms with Crippen LogP contribution >= 0.6 is 0 Å². The van der Waals surface area contributed by atoms with Gasteiger partial charge in [-0.25, -0.2) is 9.97 Å². The number of hydrogen-bond donors (Lipinski definition) is 0. The zero-order chi connectivity index (χ0) is 12.3. The first-order chi connectivity index (χ1) is 8.20. The Morgan fingerprint density at radius 2 is 2.35 bits per heavy atom. The number of carbonyl (C=O) groups excluding carboxylic acids is 1. The zero-order valence-electron chi connectivity index (χ0n) is 9.13. The fourth-order valence-corrected chi connectivity index (χ4v) is 1.41. The van der Waals surface area contributed by atoms with Crippen molar-refractivity contribution in [2.24, 2.45) is 0 Å². The zero-order valence-corrected chi connectivity index (χ0v) is 9.13. The summed E-state index contributed by atoms with van der Waals surface area (Å²) < 4.78 is 19.1. The molecule has 0 unspecified atom stereocenters. The van der Waals surface area contributed by atoms with E-state index in [0.717, 1.165) is 0 Å². The molecule has 0 aliphatic carbocycles. The number of pyridine rings is 1. The lowest BCUT2D eigenvalue weighted by Gasteiger charge is -2.05. The number of rotatable bonds is 3. The van der Waals surface area contributed by atoms with Crippen molar-refractivity contribution in [2.75, 3.05) is 7.11 Å². The van der Waals surface area contributed by atoms with E-state index in [1.165, 1.54) is 25.4 Å². The van der Waals surface area contributed by atoms with Gasteiger partial charge in [0.15, 0.2) is 5.82 Å². The minimum Gasteiger partial charge on any atom is -0.468 e. The number of ether oxygens (including phenoxy) is 1. The number of nitrogens with zero attached hydrogens (tertiary/aromatic N) is 3. The average Bonchev–Trinajstić information content (AvgIpc) is 2.77. The molecule has 0 aliphatic rings. The molecule has 0 fully saturated rings. The van der Waals surface area contributed by atoms with Crippen molar-refractivity contribution in [1.82, 2.24) is 14.5 Å².